The van der Waals surface area contributed by atoms with Gasteiger partial charge in [0.1, 0.15) is 0 Å². The number of H-pyrrole nitrogens is 1. The molecule has 0 bridgehead atoms. The maximum absolute atomic E-state index is 11.8. The molecule has 6 heteroatoms. The maximum Gasteiger partial charge on any atom is 0.339 e. The van der Waals surface area contributed by atoms with Crippen LogP contribution in [0.5, 0.6) is 0 Å². The fourth-order valence-electron chi connectivity index (χ4n) is 2.08. The Morgan fingerprint density at radius 3 is 2.68 bits per heavy atom. The number of hydrogen-bond acceptors (Lipinski definition) is 4. The van der Waals surface area contributed by atoms with E-state index in [4.69, 9.17) is 0 Å². The van der Waals surface area contributed by atoms with Crippen molar-refractivity contribution in [2.24, 2.45) is 0 Å². The minimum atomic E-state index is -1.35. The lowest BCUT2D eigenvalue weighted by molar-refractivity contribution is -0.150. The van der Waals surface area contributed by atoms with Gasteiger partial charge in [-0.2, -0.15) is 0 Å². The van der Waals surface area contributed by atoms with Crippen molar-refractivity contribution in [3.8, 4) is 0 Å². The number of methoxy groups -OCH3 is 1. The number of esters is 1. The molecule has 1 unspecified atom stereocenters. The highest BCUT2D eigenvalue weighted by atomic mass is 16.5. The smallest absolute Gasteiger partial charge is 0.339 e. The zero-order chi connectivity index (χ0) is 14.2. The number of carbonyl (C=O) groups excluding carboxylic acids is 1. The van der Waals surface area contributed by atoms with Gasteiger partial charge >= 0.3 is 11.7 Å². The van der Waals surface area contributed by atoms with Gasteiger partial charge in [0, 0.05) is 6.04 Å². The number of aromatic nitrogens is 2. The van der Waals surface area contributed by atoms with Gasteiger partial charge in [-0.25, -0.2) is 9.59 Å². The first-order valence-electron chi connectivity index (χ1n) is 5.95. The van der Waals surface area contributed by atoms with Crippen LogP contribution in [0.25, 0.3) is 11.0 Å². The first kappa shape index (κ1) is 13.4. The molecular formula is C13H16N2O4. The summed E-state index contributed by atoms with van der Waals surface area (Å²) in [5.74, 6) is -0.731. The number of hydrogen-bond donors (Lipinski definition) is 2. The summed E-state index contributed by atoms with van der Waals surface area (Å²) in [6.07, 6.45) is -1.35. The molecule has 0 spiro atoms. The summed E-state index contributed by atoms with van der Waals surface area (Å²) < 4.78 is 6.09. The first-order chi connectivity index (χ1) is 8.95. The van der Waals surface area contributed by atoms with Crippen LogP contribution in [0, 0.1) is 0 Å². The van der Waals surface area contributed by atoms with Crippen molar-refractivity contribution < 1.29 is 14.6 Å². The van der Waals surface area contributed by atoms with Crippen molar-refractivity contribution in [1.29, 1.82) is 0 Å². The molecular weight excluding hydrogens is 248 g/mol. The number of aliphatic hydroxyl groups excluding tert-OH is 1. The molecule has 1 aromatic carbocycles. The Labute approximate surface area is 109 Å². The van der Waals surface area contributed by atoms with Gasteiger partial charge in [0.2, 0.25) is 0 Å². The van der Waals surface area contributed by atoms with Gasteiger partial charge in [0.15, 0.2) is 6.10 Å². The molecule has 2 aromatic rings. The zero-order valence-electron chi connectivity index (χ0n) is 11.0. The van der Waals surface area contributed by atoms with Gasteiger partial charge in [-0.3, -0.25) is 4.57 Å². The molecule has 0 aliphatic carbocycles. The first-order valence-corrected chi connectivity index (χ1v) is 5.95. The molecule has 0 saturated heterocycles. The van der Waals surface area contributed by atoms with Crippen LogP contribution >= 0.6 is 0 Å². The lowest BCUT2D eigenvalue weighted by atomic mass is 10.1. The molecule has 0 aliphatic rings. The van der Waals surface area contributed by atoms with E-state index in [1.165, 1.54) is 7.11 Å². The third kappa shape index (κ3) is 2.26. The van der Waals surface area contributed by atoms with Crippen molar-refractivity contribution in [3.05, 3.63) is 34.2 Å². The van der Waals surface area contributed by atoms with Gasteiger partial charge in [-0.05, 0) is 31.5 Å². The number of aromatic amines is 1. The molecule has 0 saturated carbocycles. The van der Waals surface area contributed by atoms with E-state index >= 15 is 0 Å². The van der Waals surface area contributed by atoms with Crippen LogP contribution < -0.4 is 5.69 Å². The number of fused-ring (bicyclic) bond motifs is 1. The lowest BCUT2D eigenvalue weighted by Crippen LogP contribution is -2.18. The Morgan fingerprint density at radius 1 is 1.42 bits per heavy atom. The molecule has 0 radical (unpaired) electrons. The monoisotopic (exact) mass is 264 g/mol. The average molecular weight is 264 g/mol. The second-order valence-electron chi connectivity index (χ2n) is 4.60. The number of ether oxygens (including phenoxy) is 1. The number of imidazole rings is 1. The van der Waals surface area contributed by atoms with Crippen LogP contribution in [0.2, 0.25) is 0 Å². The predicted molar refractivity (Wildman–Crippen MR) is 69.9 cm³/mol. The maximum atomic E-state index is 11.8. The van der Waals surface area contributed by atoms with E-state index in [0.29, 0.717) is 11.1 Å². The van der Waals surface area contributed by atoms with Crippen molar-refractivity contribution in [2.75, 3.05) is 7.11 Å². The fourth-order valence-corrected chi connectivity index (χ4v) is 2.08. The SMILES string of the molecule is COC(=O)C(O)c1ccc2c(c1)[nH]c(=O)n2C(C)C. The van der Waals surface area contributed by atoms with Crippen LogP contribution in [0.1, 0.15) is 31.6 Å². The Bertz CT molecular complexity index is 669. The minimum Gasteiger partial charge on any atom is -0.467 e. The highest BCUT2D eigenvalue weighted by Gasteiger charge is 2.19. The van der Waals surface area contributed by atoms with E-state index in [1.807, 2.05) is 13.8 Å². The molecule has 19 heavy (non-hydrogen) atoms. The summed E-state index contributed by atoms with van der Waals surface area (Å²) >= 11 is 0. The molecule has 1 heterocycles. The number of aliphatic hydroxyl groups is 1. The molecule has 1 atom stereocenters. The quantitative estimate of drug-likeness (QED) is 0.813. The standard InChI is InChI=1S/C13H16N2O4/c1-7(2)15-10-5-4-8(11(16)12(17)19-3)6-9(10)14-13(15)18/h4-7,11,16H,1-3H3,(H,14,18). The van der Waals surface area contributed by atoms with Crippen molar-refractivity contribution in [2.45, 2.75) is 26.0 Å². The molecule has 2 rings (SSSR count). The summed E-state index contributed by atoms with van der Waals surface area (Å²) in [6, 6.07) is 4.92. The van der Waals surface area contributed by atoms with Crippen LogP contribution in [0.3, 0.4) is 0 Å². The highest BCUT2D eigenvalue weighted by molar-refractivity contribution is 5.81. The van der Waals surface area contributed by atoms with Gasteiger partial charge < -0.3 is 14.8 Å². The number of carbonyl (C=O) groups is 1. The summed E-state index contributed by atoms with van der Waals surface area (Å²) in [4.78, 5) is 25.8. The van der Waals surface area contributed by atoms with Crippen molar-refractivity contribution in [1.82, 2.24) is 9.55 Å². The number of benzene rings is 1. The number of nitrogens with one attached hydrogen (secondary N) is 1. The average Bonchev–Trinajstić information content (AvgIpc) is 2.71. The van der Waals surface area contributed by atoms with E-state index in [2.05, 4.69) is 9.72 Å². The van der Waals surface area contributed by atoms with Gasteiger partial charge in [0.25, 0.3) is 0 Å². The molecule has 102 valence electrons. The van der Waals surface area contributed by atoms with Crippen molar-refractivity contribution in [3.63, 3.8) is 0 Å². The summed E-state index contributed by atoms with van der Waals surface area (Å²) in [6.45, 7) is 3.82. The molecule has 0 aliphatic heterocycles. The fraction of sp³-hybridized carbons (Fsp3) is 0.385. The Morgan fingerprint density at radius 2 is 2.11 bits per heavy atom. The van der Waals surface area contributed by atoms with Crippen LogP contribution in [0.4, 0.5) is 0 Å². The minimum absolute atomic E-state index is 0.0256. The van der Waals surface area contributed by atoms with E-state index < -0.39 is 12.1 Å². The summed E-state index contributed by atoms with van der Waals surface area (Å²) in [5.41, 5.74) is 1.49. The van der Waals surface area contributed by atoms with Crippen molar-refractivity contribution >= 4 is 17.0 Å². The molecule has 2 N–H and O–H groups in total. The highest BCUT2D eigenvalue weighted by Crippen LogP contribution is 2.21. The third-order valence-corrected chi connectivity index (χ3v) is 3.00. The second kappa shape index (κ2) is 4.89. The lowest BCUT2D eigenvalue weighted by Gasteiger charge is -2.10. The van der Waals surface area contributed by atoms with E-state index in [-0.39, 0.29) is 11.7 Å². The Kier molecular flexibility index (Phi) is 3.44. The van der Waals surface area contributed by atoms with Crippen LogP contribution in [0.15, 0.2) is 23.0 Å². The largest absolute Gasteiger partial charge is 0.467 e. The molecule has 1 aromatic heterocycles. The van der Waals surface area contributed by atoms with Crippen LogP contribution in [-0.2, 0) is 9.53 Å². The third-order valence-electron chi connectivity index (χ3n) is 3.00. The topological polar surface area (TPSA) is 84.3 Å². The van der Waals surface area contributed by atoms with Gasteiger partial charge in [0.05, 0.1) is 18.1 Å². The van der Waals surface area contributed by atoms with Gasteiger partial charge in [-0.1, -0.05) is 6.07 Å². The summed E-state index contributed by atoms with van der Waals surface area (Å²) in [5, 5.41) is 9.76. The molecule has 0 amide bonds. The normalized spacial score (nSPS) is 12.9. The second-order valence-corrected chi connectivity index (χ2v) is 4.60. The molecule has 6 nitrogen and oxygen atoms in total. The number of rotatable bonds is 3. The predicted octanol–water partition coefficient (Wildman–Crippen LogP) is 1.12. The Hall–Kier alpha value is -2.08. The van der Waals surface area contributed by atoms with Crippen LogP contribution in [-0.4, -0.2) is 27.7 Å². The molecule has 0 fully saturated rings. The van der Waals surface area contributed by atoms with E-state index in [9.17, 15) is 14.7 Å². The zero-order valence-corrected chi connectivity index (χ0v) is 11.0. The van der Waals surface area contributed by atoms with E-state index in [0.717, 1.165) is 5.52 Å². The van der Waals surface area contributed by atoms with Gasteiger partial charge in [-0.15, -0.1) is 0 Å². The Balaban J connectivity index is 2.54. The summed E-state index contributed by atoms with van der Waals surface area (Å²) in [7, 11) is 1.21. The van der Waals surface area contributed by atoms with E-state index in [1.54, 1.807) is 22.8 Å². The number of nitrogens with zero attached hydrogens (tertiary/aromatic N) is 1.